The minimum absolute atomic E-state index is 0.607. The molecule has 0 amide bonds. The van der Waals surface area contributed by atoms with Crippen LogP contribution in [0.1, 0.15) is 0 Å². The second-order valence-corrected chi connectivity index (χ2v) is 30.0. The van der Waals surface area contributed by atoms with Gasteiger partial charge in [-0.15, -0.1) is 11.3 Å². The van der Waals surface area contributed by atoms with Gasteiger partial charge in [0.05, 0.1) is 44.1 Å². The van der Waals surface area contributed by atoms with Crippen molar-refractivity contribution in [1.82, 2.24) is 48.2 Å². The lowest BCUT2D eigenvalue weighted by molar-refractivity contribution is 0.669. The summed E-state index contributed by atoms with van der Waals surface area (Å²) in [4.78, 5) is 29.9. The van der Waals surface area contributed by atoms with Crippen molar-refractivity contribution in [3.8, 4) is 91.1 Å². The molecule has 0 unspecified atom stereocenters. The molecule has 12 heteroatoms. The summed E-state index contributed by atoms with van der Waals surface area (Å²) >= 11 is 1.82. The maximum absolute atomic E-state index is 6.47. The average molecular weight is 1480 g/mol. The first kappa shape index (κ1) is 64.7. The van der Waals surface area contributed by atoms with E-state index in [2.05, 4.69) is 261 Å². The molecule has 0 saturated heterocycles. The van der Waals surface area contributed by atoms with E-state index in [-0.39, 0.29) is 0 Å². The van der Waals surface area contributed by atoms with Gasteiger partial charge in [0, 0.05) is 130 Å². The van der Waals surface area contributed by atoms with Gasteiger partial charge in [-0.1, -0.05) is 231 Å². The molecule has 0 aliphatic rings. The number of thiophene rings is 1. The summed E-state index contributed by atoms with van der Waals surface area (Å²) in [6.07, 6.45) is 0. The first-order valence-electron chi connectivity index (χ1n) is 38.2. The third kappa shape index (κ3) is 10.6. The Morgan fingerprint density at radius 1 is 0.175 bits per heavy atom. The van der Waals surface area contributed by atoms with Crippen molar-refractivity contribution >= 4 is 141 Å². The third-order valence-electron chi connectivity index (χ3n) is 22.3. The van der Waals surface area contributed by atoms with Gasteiger partial charge in [0.1, 0.15) is 11.2 Å². The predicted molar refractivity (Wildman–Crippen MR) is 470 cm³/mol. The highest BCUT2D eigenvalue weighted by Gasteiger charge is 2.24. The Balaban J connectivity index is 0.000000135. The van der Waals surface area contributed by atoms with Crippen LogP contribution in [-0.4, -0.2) is 48.2 Å². The lowest BCUT2D eigenvalue weighted by Crippen LogP contribution is -2.00. The van der Waals surface area contributed by atoms with Gasteiger partial charge in [0.25, 0.3) is 0 Å². The van der Waals surface area contributed by atoms with Crippen LogP contribution < -0.4 is 0 Å². The Labute approximate surface area is 656 Å². The molecule has 114 heavy (non-hydrogen) atoms. The molecule has 24 aromatic rings. The zero-order valence-corrected chi connectivity index (χ0v) is 61.9. The summed E-state index contributed by atoms with van der Waals surface area (Å²) in [7, 11) is 0. The van der Waals surface area contributed by atoms with Crippen LogP contribution in [-0.2, 0) is 0 Å². The number of para-hydroxylation sites is 6. The van der Waals surface area contributed by atoms with E-state index in [0.717, 1.165) is 89.1 Å². The zero-order chi connectivity index (χ0) is 74.9. The zero-order valence-electron chi connectivity index (χ0n) is 61.1. The molecule has 8 aromatic heterocycles. The van der Waals surface area contributed by atoms with Gasteiger partial charge in [-0.3, -0.25) is 0 Å². The molecule has 532 valence electrons. The first-order chi connectivity index (χ1) is 56.5. The molecule has 0 radical (unpaired) electrons. The summed E-state index contributed by atoms with van der Waals surface area (Å²) < 4.78 is 18.5. The van der Waals surface area contributed by atoms with E-state index in [9.17, 15) is 0 Å². The molecular weight excluding hydrogens is 1410 g/mol. The smallest absolute Gasteiger partial charge is 0.164 e. The molecular formula is C102H62N10OS. The van der Waals surface area contributed by atoms with Crippen LogP contribution in [0.3, 0.4) is 0 Å². The molecule has 0 aliphatic carbocycles. The van der Waals surface area contributed by atoms with Crippen molar-refractivity contribution in [2.45, 2.75) is 0 Å². The number of furan rings is 1. The molecule has 0 fully saturated rings. The van der Waals surface area contributed by atoms with Crippen LogP contribution in [0.4, 0.5) is 0 Å². The molecule has 0 spiro atoms. The Morgan fingerprint density at radius 3 is 0.833 bits per heavy atom. The number of rotatable bonds is 10. The standard InChI is InChI=1S/C51H31N5O.C51H31N5S/c2*1-4-14-32(15-5-1)49-52-50(33-16-6-2-7-17-33)54-51(53-49)34-24-26-47-41(28-34)42-29-36(25-27-48(42)57-47)56-44-23-13-11-21-38(44)40-30-39-37-20-10-12-22-43(37)55(45(39)31-46(40)56)35-18-8-3-9-19-35/h2*1-31H. The van der Waals surface area contributed by atoms with Gasteiger partial charge in [0.2, 0.25) is 0 Å². The normalized spacial score (nSPS) is 11.9. The minimum atomic E-state index is 0.607. The van der Waals surface area contributed by atoms with E-state index in [4.69, 9.17) is 34.3 Å². The van der Waals surface area contributed by atoms with Crippen LogP contribution in [0.5, 0.6) is 0 Å². The fourth-order valence-corrected chi connectivity index (χ4v) is 18.2. The molecule has 0 N–H and O–H groups in total. The number of aromatic nitrogens is 10. The van der Waals surface area contributed by atoms with Crippen LogP contribution in [0.25, 0.3) is 220 Å². The monoisotopic (exact) mass is 1470 g/mol. The molecule has 0 saturated carbocycles. The van der Waals surface area contributed by atoms with Gasteiger partial charge >= 0.3 is 0 Å². The first-order valence-corrected chi connectivity index (χ1v) is 39.0. The summed E-state index contributed by atoms with van der Waals surface area (Å²) in [5, 5.41) is 14.3. The van der Waals surface area contributed by atoms with E-state index in [0.29, 0.717) is 34.9 Å². The average Bonchev–Trinajstić information content (AvgIpc) is 1.56. The molecule has 0 bridgehead atoms. The summed E-state index contributed by atoms with van der Waals surface area (Å²) in [5.41, 5.74) is 21.1. The van der Waals surface area contributed by atoms with Gasteiger partial charge < -0.3 is 22.7 Å². The fourth-order valence-electron chi connectivity index (χ4n) is 17.1. The van der Waals surface area contributed by atoms with Gasteiger partial charge in [-0.25, -0.2) is 29.9 Å². The van der Waals surface area contributed by atoms with Crippen molar-refractivity contribution < 1.29 is 4.42 Å². The maximum atomic E-state index is 6.47. The molecule has 0 aliphatic heterocycles. The van der Waals surface area contributed by atoms with Crippen LogP contribution >= 0.6 is 11.3 Å². The number of benzene rings is 16. The highest BCUT2D eigenvalue weighted by atomic mass is 32.1. The van der Waals surface area contributed by atoms with Crippen molar-refractivity contribution in [1.29, 1.82) is 0 Å². The highest BCUT2D eigenvalue weighted by Crippen LogP contribution is 2.45. The van der Waals surface area contributed by atoms with Gasteiger partial charge in [0.15, 0.2) is 34.9 Å². The van der Waals surface area contributed by atoms with Crippen LogP contribution in [0.15, 0.2) is 381 Å². The number of fused-ring (bicyclic) bond motifs is 18. The quantitative estimate of drug-likeness (QED) is 0.134. The Kier molecular flexibility index (Phi) is 14.9. The topological polar surface area (TPSA) is 110 Å². The number of hydrogen-bond donors (Lipinski definition) is 0. The predicted octanol–water partition coefficient (Wildman–Crippen LogP) is 26.4. The van der Waals surface area contributed by atoms with Crippen molar-refractivity contribution in [2.75, 3.05) is 0 Å². The Hall–Kier alpha value is -15.2. The van der Waals surface area contributed by atoms with Crippen LogP contribution in [0.2, 0.25) is 0 Å². The van der Waals surface area contributed by atoms with Crippen LogP contribution in [0, 0.1) is 0 Å². The second kappa shape index (κ2) is 26.2. The molecule has 8 heterocycles. The molecule has 24 rings (SSSR count). The molecule has 0 atom stereocenters. The lowest BCUT2D eigenvalue weighted by atomic mass is 10.1. The maximum Gasteiger partial charge on any atom is 0.164 e. The minimum Gasteiger partial charge on any atom is -0.456 e. The Bertz CT molecular complexity index is 7380. The van der Waals surface area contributed by atoms with E-state index in [1.54, 1.807) is 0 Å². The molecule has 11 nitrogen and oxygen atoms in total. The summed E-state index contributed by atoms with van der Waals surface area (Å²) in [6.45, 7) is 0. The third-order valence-corrected chi connectivity index (χ3v) is 23.4. The number of hydrogen-bond acceptors (Lipinski definition) is 8. The Morgan fingerprint density at radius 2 is 0.447 bits per heavy atom. The van der Waals surface area contributed by atoms with E-state index < -0.39 is 0 Å². The van der Waals surface area contributed by atoms with Gasteiger partial charge in [-0.2, -0.15) is 0 Å². The number of nitrogens with zero attached hydrogens (tertiary/aromatic N) is 10. The fraction of sp³-hybridized carbons (Fsp3) is 0. The van der Waals surface area contributed by atoms with Gasteiger partial charge in [-0.05, 0) is 146 Å². The van der Waals surface area contributed by atoms with E-state index >= 15 is 0 Å². The van der Waals surface area contributed by atoms with E-state index in [1.807, 2.05) is 145 Å². The van der Waals surface area contributed by atoms with Crippen molar-refractivity contribution in [2.24, 2.45) is 0 Å². The SMILES string of the molecule is c1ccc(-c2nc(-c3ccccc3)nc(-c3ccc4oc5ccc(-n6c7ccccc7c7cc8c9ccccc9n(-c9ccccc9)c8cc76)cc5c4c3)n2)cc1.c1ccc(-c2nc(-c3ccccc3)nc(-c3ccc4sc5ccc(-n6c7ccccc7c7cc8c9ccccc9n(-c9ccccc9)c8cc76)cc5c4c3)n2)cc1. The van der Waals surface area contributed by atoms with E-state index in [1.165, 1.54) is 96.4 Å². The lowest BCUT2D eigenvalue weighted by Gasteiger charge is -2.10. The second-order valence-electron chi connectivity index (χ2n) is 28.9. The highest BCUT2D eigenvalue weighted by molar-refractivity contribution is 7.25. The largest absolute Gasteiger partial charge is 0.456 e. The van der Waals surface area contributed by atoms with Crippen molar-refractivity contribution in [3.05, 3.63) is 376 Å². The summed E-state index contributed by atoms with van der Waals surface area (Å²) in [5.74, 6) is 3.83. The van der Waals surface area contributed by atoms with Crippen molar-refractivity contribution in [3.63, 3.8) is 0 Å². The summed E-state index contributed by atoms with van der Waals surface area (Å²) in [6, 6.07) is 132. The molecule has 16 aromatic carbocycles.